The Hall–Kier alpha value is -5.81. The number of hydrogen-bond acceptors (Lipinski definition) is 8. The molecule has 2 aliphatic heterocycles. The number of aromatic hydroxyl groups is 1. The lowest BCUT2D eigenvalue weighted by Crippen LogP contribution is -2.49. The van der Waals surface area contributed by atoms with Crippen molar-refractivity contribution in [2.45, 2.75) is 25.7 Å². The van der Waals surface area contributed by atoms with Gasteiger partial charge in [0.1, 0.15) is 23.1 Å². The Morgan fingerprint density at radius 3 is 2.07 bits per heavy atom. The number of nitrogens with zero attached hydrogens (tertiary/aromatic N) is 2. The van der Waals surface area contributed by atoms with Gasteiger partial charge in [0.15, 0.2) is 5.78 Å². The van der Waals surface area contributed by atoms with Gasteiger partial charge in [-0.1, -0.05) is 53.6 Å². The first kappa shape index (κ1) is 35.2. The molecule has 1 saturated carbocycles. The highest BCUT2D eigenvalue weighted by Gasteiger charge is 2.68. The zero-order chi connectivity index (χ0) is 38.2. The first-order valence-corrected chi connectivity index (χ1v) is 17.8. The smallest absolute Gasteiger partial charge is 0.241 e. The van der Waals surface area contributed by atoms with Crippen molar-refractivity contribution in [1.82, 2.24) is 0 Å². The lowest BCUT2D eigenvalue weighted by atomic mass is 9.51. The molecule has 4 aromatic carbocycles. The summed E-state index contributed by atoms with van der Waals surface area (Å²) in [6.45, 7) is 1.69. The zero-order valence-corrected chi connectivity index (χ0v) is 30.2. The number of carbonyl (C=O) groups excluding carboxylic acids is 5. The van der Waals surface area contributed by atoms with Crippen molar-refractivity contribution in [3.8, 4) is 17.2 Å². The summed E-state index contributed by atoms with van der Waals surface area (Å²) in [5.41, 5.74) is 0.903. The maximum absolute atomic E-state index is 14.8. The molecule has 10 nitrogen and oxygen atoms in total. The standard InChI is InChI=1S/C42H34ClFN2O8/c1-42-29(39(50)46(41(42)52)24-13-16-31(44)30(43)17-24)20-28-26(36(42)35-32(53-2)18-25(47)19-33(35)54-3)14-15-27-34(28)40(51)45(38(27)49)23-11-9-22(10-12-23)37(48)21-7-5-4-6-8-21/h4-14,16-19,27-29,34,36,47H,15,20H2,1-3H3. The number of anilines is 2. The van der Waals surface area contributed by atoms with Gasteiger partial charge in [-0.2, -0.15) is 0 Å². The Morgan fingerprint density at radius 1 is 0.815 bits per heavy atom. The minimum Gasteiger partial charge on any atom is -0.508 e. The molecule has 4 aliphatic rings. The van der Waals surface area contributed by atoms with Crippen molar-refractivity contribution in [2.75, 3.05) is 24.0 Å². The van der Waals surface area contributed by atoms with Gasteiger partial charge in [0.05, 0.1) is 53.8 Å². The molecular formula is C42H34ClFN2O8. The Bertz CT molecular complexity index is 2290. The predicted octanol–water partition coefficient (Wildman–Crippen LogP) is 6.87. The number of benzene rings is 4. The lowest BCUT2D eigenvalue weighted by Gasteiger charge is -2.49. The van der Waals surface area contributed by atoms with Gasteiger partial charge in [-0.25, -0.2) is 9.29 Å². The number of amides is 4. The molecule has 0 spiro atoms. The van der Waals surface area contributed by atoms with Crippen molar-refractivity contribution in [1.29, 1.82) is 0 Å². The van der Waals surface area contributed by atoms with E-state index in [4.69, 9.17) is 21.1 Å². The molecule has 2 aliphatic carbocycles. The molecule has 1 N–H and O–H groups in total. The van der Waals surface area contributed by atoms with Gasteiger partial charge in [0, 0.05) is 34.7 Å². The molecule has 2 saturated heterocycles. The number of methoxy groups -OCH3 is 2. The molecule has 54 heavy (non-hydrogen) atoms. The molecule has 6 atom stereocenters. The SMILES string of the molecule is COc1cc(O)cc(OC)c1C1C2=CCC3C(=O)N(c4ccc(C(=O)c5ccccc5)cc4)C(=O)C3C2CC2C(=O)N(c3ccc(F)c(Cl)c3)C(=O)C21C. The largest absolute Gasteiger partial charge is 0.508 e. The van der Waals surface area contributed by atoms with Crippen molar-refractivity contribution in [2.24, 2.45) is 29.1 Å². The molecule has 4 aromatic rings. The van der Waals surface area contributed by atoms with E-state index in [1.807, 2.05) is 12.1 Å². The molecule has 3 fully saturated rings. The van der Waals surface area contributed by atoms with Gasteiger partial charge in [-0.05, 0) is 68.1 Å². The molecule has 0 bridgehead atoms. The van der Waals surface area contributed by atoms with E-state index in [0.717, 1.165) is 15.9 Å². The number of ether oxygens (including phenoxy) is 2. The van der Waals surface area contributed by atoms with Gasteiger partial charge in [0.2, 0.25) is 23.6 Å². The number of phenols is 1. The summed E-state index contributed by atoms with van der Waals surface area (Å²) >= 11 is 6.12. The van der Waals surface area contributed by atoms with Crippen LogP contribution in [0, 0.1) is 34.9 Å². The number of carbonyl (C=O) groups is 5. The van der Waals surface area contributed by atoms with Crippen LogP contribution in [0.1, 0.15) is 47.2 Å². The van der Waals surface area contributed by atoms with Gasteiger partial charge >= 0.3 is 0 Å². The Morgan fingerprint density at radius 2 is 1.44 bits per heavy atom. The maximum atomic E-state index is 14.8. The topological polar surface area (TPSA) is 131 Å². The predicted molar refractivity (Wildman–Crippen MR) is 196 cm³/mol. The molecule has 0 radical (unpaired) electrons. The fourth-order valence-electron chi connectivity index (χ4n) is 9.18. The fourth-order valence-corrected chi connectivity index (χ4v) is 9.35. The number of halogens is 2. The highest BCUT2D eigenvalue weighted by molar-refractivity contribution is 6.32. The van der Waals surface area contributed by atoms with E-state index in [2.05, 4.69) is 0 Å². The minimum absolute atomic E-state index is 0.0656. The highest BCUT2D eigenvalue weighted by Crippen LogP contribution is 2.66. The van der Waals surface area contributed by atoms with E-state index in [-0.39, 0.29) is 46.6 Å². The van der Waals surface area contributed by atoms with E-state index in [1.54, 1.807) is 55.5 Å². The average Bonchev–Trinajstić information content (AvgIpc) is 3.55. The normalized spacial score (nSPS) is 25.9. The Kier molecular flexibility index (Phi) is 8.45. The van der Waals surface area contributed by atoms with Crippen molar-refractivity contribution in [3.63, 3.8) is 0 Å². The summed E-state index contributed by atoms with van der Waals surface area (Å²) in [5, 5.41) is 10.3. The number of hydrogen-bond donors (Lipinski definition) is 1. The van der Waals surface area contributed by atoms with Gasteiger partial charge in [-0.3, -0.25) is 28.9 Å². The quantitative estimate of drug-likeness (QED) is 0.123. The van der Waals surface area contributed by atoms with Crippen molar-refractivity contribution < 1.29 is 42.9 Å². The Labute approximate surface area is 314 Å². The summed E-state index contributed by atoms with van der Waals surface area (Å²) in [7, 11) is 2.82. The number of allylic oxidation sites excluding steroid dienone is 2. The summed E-state index contributed by atoms with van der Waals surface area (Å²) in [5.74, 6) is -6.83. The molecule has 4 amide bonds. The number of phenolic OH excluding ortho intramolecular Hbond substituents is 1. The monoisotopic (exact) mass is 748 g/mol. The van der Waals surface area contributed by atoms with Crippen LogP contribution in [0.25, 0.3) is 0 Å². The molecule has 274 valence electrons. The van der Waals surface area contributed by atoms with E-state index in [9.17, 15) is 33.5 Å². The van der Waals surface area contributed by atoms with Crippen LogP contribution in [-0.4, -0.2) is 48.7 Å². The van der Waals surface area contributed by atoms with E-state index in [1.165, 1.54) is 38.5 Å². The van der Waals surface area contributed by atoms with E-state index >= 15 is 0 Å². The summed E-state index contributed by atoms with van der Waals surface area (Å²) in [4.78, 5) is 73.3. The van der Waals surface area contributed by atoms with Gasteiger partial charge in [-0.15, -0.1) is 0 Å². The molecule has 6 unspecified atom stereocenters. The first-order chi connectivity index (χ1) is 25.9. The highest BCUT2D eigenvalue weighted by atomic mass is 35.5. The molecule has 12 heteroatoms. The van der Waals surface area contributed by atoms with Crippen molar-refractivity contribution >= 4 is 52.4 Å². The number of fused-ring (bicyclic) bond motifs is 4. The minimum atomic E-state index is -1.48. The van der Waals surface area contributed by atoms with Crippen molar-refractivity contribution in [3.05, 3.63) is 124 Å². The number of imide groups is 2. The molecule has 2 heterocycles. The van der Waals surface area contributed by atoms with Crippen LogP contribution < -0.4 is 19.3 Å². The summed E-state index contributed by atoms with van der Waals surface area (Å²) < 4.78 is 25.8. The second-order valence-corrected chi connectivity index (χ2v) is 14.7. The summed E-state index contributed by atoms with van der Waals surface area (Å²) in [6, 6.07) is 21.5. The fraction of sp³-hybridized carbons (Fsp3) is 0.262. The van der Waals surface area contributed by atoms with Crippen LogP contribution in [0.15, 0.2) is 96.6 Å². The average molecular weight is 749 g/mol. The summed E-state index contributed by atoms with van der Waals surface area (Å²) in [6.07, 6.45) is 2.13. The van der Waals surface area contributed by atoms with E-state index < -0.39 is 64.5 Å². The van der Waals surface area contributed by atoms with Gasteiger partial charge < -0.3 is 14.6 Å². The van der Waals surface area contributed by atoms with Crippen LogP contribution >= 0.6 is 11.6 Å². The Balaban J connectivity index is 1.23. The third-order valence-corrected chi connectivity index (χ3v) is 12.0. The van der Waals surface area contributed by atoms with Gasteiger partial charge in [0.25, 0.3) is 0 Å². The van der Waals surface area contributed by atoms with Crippen LogP contribution in [0.2, 0.25) is 5.02 Å². The zero-order valence-electron chi connectivity index (χ0n) is 29.4. The third-order valence-electron chi connectivity index (χ3n) is 11.7. The second kappa shape index (κ2) is 12.9. The number of ketones is 1. The molecule has 8 rings (SSSR count). The lowest BCUT2D eigenvalue weighted by molar-refractivity contribution is -0.131. The maximum Gasteiger partial charge on any atom is 0.241 e. The van der Waals surface area contributed by atoms with Crippen LogP contribution in [0.5, 0.6) is 17.2 Å². The van der Waals surface area contributed by atoms with Crippen LogP contribution in [0.3, 0.4) is 0 Å². The first-order valence-electron chi connectivity index (χ1n) is 17.5. The second-order valence-electron chi connectivity index (χ2n) is 14.3. The number of rotatable bonds is 7. The third kappa shape index (κ3) is 5.09. The van der Waals surface area contributed by atoms with E-state index in [0.29, 0.717) is 28.0 Å². The molecular weight excluding hydrogens is 715 g/mol. The van der Waals surface area contributed by atoms with Crippen LogP contribution in [-0.2, 0) is 19.2 Å². The molecule has 0 aromatic heterocycles. The van der Waals surface area contributed by atoms with Crippen LogP contribution in [0.4, 0.5) is 15.8 Å².